The van der Waals surface area contributed by atoms with Crippen LogP contribution in [0.15, 0.2) is 47.1 Å². The number of aromatic nitrogens is 2. The number of rotatable bonds is 12. The molecule has 0 aliphatic rings. The van der Waals surface area contributed by atoms with Crippen molar-refractivity contribution in [2.24, 2.45) is 0 Å². The molecule has 0 atom stereocenters. The second-order valence-corrected chi connectivity index (χ2v) is 9.13. The summed E-state index contributed by atoms with van der Waals surface area (Å²) in [5.74, 6) is -1.06. The van der Waals surface area contributed by atoms with Crippen molar-refractivity contribution in [2.75, 3.05) is 23.7 Å². The minimum Gasteiger partial charge on any atom is -0.748 e. The van der Waals surface area contributed by atoms with Gasteiger partial charge in [-0.15, -0.1) is 0 Å². The van der Waals surface area contributed by atoms with Crippen molar-refractivity contribution < 1.29 is 61.6 Å². The van der Waals surface area contributed by atoms with Gasteiger partial charge in [-0.05, 0) is 43.5 Å². The first-order valence-corrected chi connectivity index (χ1v) is 12.3. The number of nitrogens with zero attached hydrogens (tertiary/aromatic N) is 3. The Balaban J connectivity index is 0.00000432. The van der Waals surface area contributed by atoms with Gasteiger partial charge in [-0.25, -0.2) is 18.2 Å². The molecule has 182 valence electrons. The molecule has 3 aromatic rings. The minimum absolute atomic E-state index is 0. The van der Waals surface area contributed by atoms with E-state index in [0.717, 1.165) is 5.56 Å². The van der Waals surface area contributed by atoms with E-state index in [2.05, 4.69) is 15.3 Å². The quantitative estimate of drug-likeness (QED) is 0.193. The molecule has 0 saturated heterocycles. The Kier molecular flexibility index (Phi) is 11.1. The third-order valence-electron chi connectivity index (χ3n) is 4.98. The van der Waals surface area contributed by atoms with Crippen molar-refractivity contribution in [3.05, 3.63) is 42.7 Å². The van der Waals surface area contributed by atoms with Gasteiger partial charge in [-0.1, -0.05) is 6.42 Å². The Bertz CT molecular complexity index is 1240. The number of anilines is 1. The standard InChI is InChI=1S/C22H26N4O7S.Na/c27-20(28)5-2-1-3-10-24-22(29)26(13-4-14-34(30,31)32)17-6-7-18-19(15-17)33-21(25-18)16-8-11-23-12-9-16;/h6-9,11-12,15H,1-5,10,13-14H2,(H,24,29)(H,27,28)(H,30,31,32);/q;+1/p-1. The number of carboxylic acids is 1. The predicted octanol–water partition coefficient (Wildman–Crippen LogP) is -0.00990. The summed E-state index contributed by atoms with van der Waals surface area (Å²) in [5.41, 5.74) is 2.21. The van der Waals surface area contributed by atoms with Crippen molar-refractivity contribution in [3.63, 3.8) is 0 Å². The van der Waals surface area contributed by atoms with E-state index in [-0.39, 0.29) is 48.9 Å². The molecule has 2 amide bonds. The number of benzene rings is 1. The van der Waals surface area contributed by atoms with Gasteiger partial charge in [0, 0.05) is 55.0 Å². The van der Waals surface area contributed by atoms with E-state index in [1.165, 1.54) is 4.90 Å². The number of hydrogen-bond donors (Lipinski definition) is 2. The SMILES string of the molecule is O=C(O)CCCCCNC(=O)N(CCCS(=O)(=O)[O-])c1ccc2nc(-c3ccncc3)oc2c1.[Na+]. The molecule has 2 heterocycles. The first-order chi connectivity index (χ1) is 16.2. The first kappa shape index (κ1) is 28.7. The maximum Gasteiger partial charge on any atom is 1.00 e. The summed E-state index contributed by atoms with van der Waals surface area (Å²) in [4.78, 5) is 33.2. The Labute approximate surface area is 225 Å². The number of amides is 2. The topological polar surface area (TPSA) is 166 Å². The van der Waals surface area contributed by atoms with E-state index in [1.807, 2.05) is 0 Å². The van der Waals surface area contributed by atoms with Gasteiger partial charge in [0.25, 0.3) is 0 Å². The number of aliphatic carboxylic acids is 1. The normalized spacial score (nSPS) is 11.1. The van der Waals surface area contributed by atoms with Gasteiger partial charge in [0.2, 0.25) is 5.89 Å². The maximum absolute atomic E-state index is 12.8. The fraction of sp³-hybridized carbons (Fsp3) is 0.364. The molecular formula is C22H25N4NaO7S. The van der Waals surface area contributed by atoms with Crippen LogP contribution in [0.1, 0.15) is 32.1 Å². The fourth-order valence-corrected chi connectivity index (χ4v) is 3.80. The molecule has 13 heteroatoms. The number of fused-ring (bicyclic) bond motifs is 1. The van der Waals surface area contributed by atoms with Crippen LogP contribution < -0.4 is 39.8 Å². The molecule has 0 aliphatic heterocycles. The van der Waals surface area contributed by atoms with Crippen LogP contribution in [0.3, 0.4) is 0 Å². The van der Waals surface area contributed by atoms with Crippen molar-refractivity contribution in [1.82, 2.24) is 15.3 Å². The first-order valence-electron chi connectivity index (χ1n) is 10.7. The van der Waals surface area contributed by atoms with Crippen LogP contribution in [0.2, 0.25) is 0 Å². The molecule has 0 unspecified atom stereocenters. The Morgan fingerprint density at radius 3 is 2.51 bits per heavy atom. The molecule has 2 N–H and O–H groups in total. The molecule has 2 aromatic heterocycles. The summed E-state index contributed by atoms with van der Waals surface area (Å²) in [5, 5.41) is 11.4. The van der Waals surface area contributed by atoms with Crippen LogP contribution in [0, 0.1) is 0 Å². The number of oxazole rings is 1. The Morgan fingerprint density at radius 1 is 1.09 bits per heavy atom. The number of pyridine rings is 1. The van der Waals surface area contributed by atoms with Crippen molar-refractivity contribution in [3.8, 4) is 11.5 Å². The van der Waals surface area contributed by atoms with Crippen LogP contribution in [0.4, 0.5) is 10.5 Å². The summed E-state index contributed by atoms with van der Waals surface area (Å²) >= 11 is 0. The molecule has 0 bridgehead atoms. The summed E-state index contributed by atoms with van der Waals surface area (Å²) in [6.07, 6.45) is 5.02. The Morgan fingerprint density at radius 2 is 1.83 bits per heavy atom. The second kappa shape index (κ2) is 13.5. The molecule has 0 spiro atoms. The molecule has 0 fully saturated rings. The molecule has 3 rings (SSSR count). The van der Waals surface area contributed by atoms with Gasteiger partial charge in [-0.3, -0.25) is 14.7 Å². The number of unbranched alkanes of at least 4 members (excludes halogenated alkanes) is 2. The average Bonchev–Trinajstić information content (AvgIpc) is 3.22. The van der Waals surface area contributed by atoms with Gasteiger partial charge < -0.3 is 19.4 Å². The molecular weight excluding hydrogens is 487 g/mol. The number of carbonyl (C=O) groups is 2. The minimum atomic E-state index is -4.41. The summed E-state index contributed by atoms with van der Waals surface area (Å²) in [7, 11) is -4.41. The van der Waals surface area contributed by atoms with E-state index < -0.39 is 27.9 Å². The van der Waals surface area contributed by atoms with Gasteiger partial charge in [0.15, 0.2) is 5.58 Å². The van der Waals surface area contributed by atoms with Gasteiger partial charge >= 0.3 is 41.6 Å². The van der Waals surface area contributed by atoms with Crippen LogP contribution >= 0.6 is 0 Å². The zero-order valence-corrected chi connectivity index (χ0v) is 22.2. The fourth-order valence-electron chi connectivity index (χ4n) is 3.32. The van der Waals surface area contributed by atoms with E-state index >= 15 is 0 Å². The second-order valence-electron chi connectivity index (χ2n) is 7.61. The van der Waals surface area contributed by atoms with E-state index in [0.29, 0.717) is 48.5 Å². The van der Waals surface area contributed by atoms with Crippen molar-refractivity contribution >= 4 is 38.9 Å². The van der Waals surface area contributed by atoms with Gasteiger partial charge in [0.05, 0.1) is 10.1 Å². The average molecular weight is 513 g/mol. The number of nitrogens with one attached hydrogen (secondary N) is 1. The van der Waals surface area contributed by atoms with E-state index in [9.17, 15) is 22.6 Å². The third-order valence-corrected chi connectivity index (χ3v) is 5.76. The molecule has 0 radical (unpaired) electrons. The molecule has 1 aromatic carbocycles. The van der Waals surface area contributed by atoms with Crippen LogP contribution in [0.5, 0.6) is 0 Å². The van der Waals surface area contributed by atoms with E-state index in [4.69, 9.17) is 9.52 Å². The van der Waals surface area contributed by atoms with Crippen molar-refractivity contribution in [1.29, 1.82) is 0 Å². The number of urea groups is 1. The van der Waals surface area contributed by atoms with E-state index in [1.54, 1.807) is 42.7 Å². The van der Waals surface area contributed by atoms with Crippen LogP contribution in [-0.2, 0) is 14.9 Å². The molecule has 0 aliphatic carbocycles. The largest absolute Gasteiger partial charge is 1.00 e. The third kappa shape index (κ3) is 9.22. The predicted molar refractivity (Wildman–Crippen MR) is 123 cm³/mol. The molecule has 35 heavy (non-hydrogen) atoms. The maximum atomic E-state index is 12.8. The summed E-state index contributed by atoms with van der Waals surface area (Å²) in [6.45, 7) is 0.328. The van der Waals surface area contributed by atoms with Gasteiger partial charge in [0.1, 0.15) is 5.52 Å². The summed E-state index contributed by atoms with van der Waals surface area (Å²) in [6, 6.07) is 8.03. The van der Waals surface area contributed by atoms with Gasteiger partial charge in [-0.2, -0.15) is 0 Å². The molecule has 0 saturated carbocycles. The summed E-state index contributed by atoms with van der Waals surface area (Å²) < 4.78 is 38.9. The van der Waals surface area contributed by atoms with Crippen LogP contribution in [-0.4, -0.2) is 58.9 Å². The smallest absolute Gasteiger partial charge is 0.748 e. The monoisotopic (exact) mass is 512 g/mol. The Hall–Kier alpha value is -2.51. The zero-order valence-electron chi connectivity index (χ0n) is 19.3. The van der Waals surface area contributed by atoms with Crippen molar-refractivity contribution in [2.45, 2.75) is 32.1 Å². The zero-order chi connectivity index (χ0) is 24.6. The van der Waals surface area contributed by atoms with Crippen LogP contribution in [0.25, 0.3) is 22.6 Å². The number of carbonyl (C=O) groups excluding carboxylic acids is 1. The number of carboxylic acid groups (broad SMARTS) is 1. The number of hydrogen-bond acceptors (Lipinski definition) is 8. The molecule has 11 nitrogen and oxygen atoms in total.